The lowest BCUT2D eigenvalue weighted by molar-refractivity contribution is 0.0586. The first-order valence-corrected chi connectivity index (χ1v) is 6.53. The molecule has 0 aliphatic heterocycles. The van der Waals surface area contributed by atoms with E-state index >= 15 is 0 Å². The van der Waals surface area contributed by atoms with Gasteiger partial charge < -0.3 is 9.26 Å². The number of nitrogens with zero attached hydrogens (tertiary/aromatic N) is 5. The van der Waals surface area contributed by atoms with Crippen LogP contribution in [0.25, 0.3) is 11.4 Å². The highest BCUT2D eigenvalue weighted by Crippen LogP contribution is 2.18. The van der Waals surface area contributed by atoms with Crippen LogP contribution in [-0.4, -0.2) is 38.0 Å². The Labute approximate surface area is 117 Å². The number of thiophene rings is 1. The summed E-state index contributed by atoms with van der Waals surface area (Å²) in [5, 5.41) is 11.7. The maximum absolute atomic E-state index is 11.2. The van der Waals surface area contributed by atoms with Gasteiger partial charge in [-0.2, -0.15) is 16.3 Å². The van der Waals surface area contributed by atoms with Gasteiger partial charge in [-0.15, -0.1) is 5.10 Å². The van der Waals surface area contributed by atoms with Crippen molar-refractivity contribution in [1.29, 1.82) is 0 Å². The molecule has 3 heterocycles. The number of esters is 1. The second-order valence-corrected chi connectivity index (χ2v) is 4.56. The maximum atomic E-state index is 11.2. The van der Waals surface area contributed by atoms with Crippen molar-refractivity contribution in [2.45, 2.75) is 6.54 Å². The normalized spacial score (nSPS) is 10.7. The molecular formula is C11H9N5O3S. The van der Waals surface area contributed by atoms with Crippen LogP contribution in [0.3, 0.4) is 0 Å². The number of methoxy groups -OCH3 is 1. The van der Waals surface area contributed by atoms with Crippen LogP contribution in [0.5, 0.6) is 0 Å². The van der Waals surface area contributed by atoms with Gasteiger partial charge in [0.25, 0.3) is 5.82 Å². The molecule has 0 radical (unpaired) electrons. The van der Waals surface area contributed by atoms with E-state index in [-0.39, 0.29) is 12.4 Å². The Morgan fingerprint density at radius 3 is 3.20 bits per heavy atom. The summed E-state index contributed by atoms with van der Waals surface area (Å²) in [7, 11) is 1.27. The van der Waals surface area contributed by atoms with Gasteiger partial charge in [-0.05, 0) is 11.4 Å². The van der Waals surface area contributed by atoms with Crippen LogP contribution in [0.1, 0.15) is 16.5 Å². The highest BCUT2D eigenvalue weighted by Gasteiger charge is 2.14. The molecule has 0 aliphatic rings. The van der Waals surface area contributed by atoms with Crippen molar-refractivity contribution >= 4 is 17.3 Å². The Hall–Kier alpha value is -2.55. The highest BCUT2D eigenvalue weighted by molar-refractivity contribution is 7.08. The van der Waals surface area contributed by atoms with Crippen molar-refractivity contribution in [3.8, 4) is 11.4 Å². The molecule has 0 atom stereocenters. The lowest BCUT2D eigenvalue weighted by Gasteiger charge is -1.93. The molecule has 0 N–H and O–H groups in total. The van der Waals surface area contributed by atoms with E-state index in [0.717, 1.165) is 5.56 Å². The summed E-state index contributed by atoms with van der Waals surface area (Å²) in [6.45, 7) is 0.237. The molecule has 8 nitrogen and oxygen atoms in total. The Balaban J connectivity index is 1.75. The van der Waals surface area contributed by atoms with Crippen molar-refractivity contribution < 1.29 is 14.1 Å². The molecule has 20 heavy (non-hydrogen) atoms. The van der Waals surface area contributed by atoms with Gasteiger partial charge in [-0.25, -0.2) is 14.5 Å². The molecule has 3 aromatic heterocycles. The number of hydrogen-bond donors (Lipinski definition) is 0. The highest BCUT2D eigenvalue weighted by atomic mass is 32.1. The van der Waals surface area contributed by atoms with Gasteiger partial charge in [0.2, 0.25) is 11.7 Å². The molecule has 0 aliphatic carbocycles. The second-order valence-electron chi connectivity index (χ2n) is 3.78. The third kappa shape index (κ3) is 2.43. The zero-order valence-electron chi connectivity index (χ0n) is 10.4. The van der Waals surface area contributed by atoms with Gasteiger partial charge in [0.1, 0.15) is 12.9 Å². The molecule has 0 spiro atoms. The van der Waals surface area contributed by atoms with E-state index in [0.29, 0.717) is 11.7 Å². The minimum absolute atomic E-state index is 0.00919. The Kier molecular flexibility index (Phi) is 3.25. The summed E-state index contributed by atoms with van der Waals surface area (Å²) in [4.78, 5) is 19.3. The fraction of sp³-hybridized carbons (Fsp3) is 0.182. The molecule has 9 heteroatoms. The zero-order chi connectivity index (χ0) is 13.9. The summed E-state index contributed by atoms with van der Waals surface area (Å²) in [6.07, 6.45) is 1.40. The fourth-order valence-electron chi connectivity index (χ4n) is 1.52. The maximum Gasteiger partial charge on any atom is 0.377 e. The van der Waals surface area contributed by atoms with Crippen LogP contribution in [-0.2, 0) is 11.3 Å². The standard InChI is InChI=1S/C11H9N5O3S/c1-18-11(17)10-12-6-16(14-10)4-8-13-9(15-19-8)7-2-3-20-5-7/h2-3,5-6H,4H2,1H3. The minimum Gasteiger partial charge on any atom is -0.463 e. The van der Waals surface area contributed by atoms with Gasteiger partial charge in [-0.1, -0.05) is 5.16 Å². The van der Waals surface area contributed by atoms with Crippen molar-refractivity contribution in [2.75, 3.05) is 7.11 Å². The predicted octanol–water partition coefficient (Wildman–Crippen LogP) is 1.22. The van der Waals surface area contributed by atoms with Crippen LogP contribution >= 0.6 is 11.3 Å². The van der Waals surface area contributed by atoms with Crippen LogP contribution < -0.4 is 0 Å². The summed E-state index contributed by atoms with van der Waals surface area (Å²) in [5.74, 6) is 0.306. The Morgan fingerprint density at radius 2 is 2.45 bits per heavy atom. The molecule has 102 valence electrons. The molecular weight excluding hydrogens is 282 g/mol. The van der Waals surface area contributed by atoms with Gasteiger partial charge in [-0.3, -0.25) is 0 Å². The largest absolute Gasteiger partial charge is 0.463 e. The zero-order valence-corrected chi connectivity index (χ0v) is 11.2. The quantitative estimate of drug-likeness (QED) is 0.667. The number of carbonyl (C=O) groups is 1. The number of carbonyl (C=O) groups excluding carboxylic acids is 1. The van der Waals surface area contributed by atoms with E-state index in [4.69, 9.17) is 4.52 Å². The van der Waals surface area contributed by atoms with E-state index in [1.54, 1.807) is 11.3 Å². The third-order valence-electron chi connectivity index (χ3n) is 2.45. The van der Waals surface area contributed by atoms with E-state index in [2.05, 4.69) is 25.0 Å². The summed E-state index contributed by atoms with van der Waals surface area (Å²) >= 11 is 1.56. The molecule has 3 rings (SSSR count). The summed E-state index contributed by atoms with van der Waals surface area (Å²) in [6, 6.07) is 1.91. The van der Waals surface area contributed by atoms with Crippen molar-refractivity contribution in [3.05, 3.63) is 34.9 Å². The van der Waals surface area contributed by atoms with Gasteiger partial charge >= 0.3 is 5.97 Å². The Morgan fingerprint density at radius 1 is 1.55 bits per heavy atom. The second kappa shape index (κ2) is 5.21. The molecule has 0 saturated heterocycles. The first-order chi connectivity index (χ1) is 9.76. The molecule has 0 fully saturated rings. The molecule has 0 saturated carbocycles. The lowest BCUT2D eigenvalue weighted by atomic mass is 10.3. The summed E-state index contributed by atoms with van der Waals surface area (Å²) < 4.78 is 11.1. The lowest BCUT2D eigenvalue weighted by Crippen LogP contribution is -2.06. The average molecular weight is 291 g/mol. The number of rotatable bonds is 4. The van der Waals surface area contributed by atoms with Crippen LogP contribution in [0, 0.1) is 0 Å². The molecule has 0 unspecified atom stereocenters. The van der Waals surface area contributed by atoms with Crippen LogP contribution in [0.15, 0.2) is 27.7 Å². The predicted molar refractivity (Wildman–Crippen MR) is 68.1 cm³/mol. The fourth-order valence-corrected chi connectivity index (χ4v) is 2.16. The third-order valence-corrected chi connectivity index (χ3v) is 3.13. The monoisotopic (exact) mass is 291 g/mol. The Bertz CT molecular complexity index is 718. The SMILES string of the molecule is COC(=O)c1ncn(Cc2nc(-c3ccsc3)no2)n1. The van der Waals surface area contributed by atoms with Gasteiger partial charge in [0, 0.05) is 10.9 Å². The number of ether oxygens (including phenoxy) is 1. The summed E-state index contributed by atoms with van der Waals surface area (Å²) in [5.41, 5.74) is 0.902. The van der Waals surface area contributed by atoms with E-state index < -0.39 is 5.97 Å². The van der Waals surface area contributed by atoms with E-state index in [1.807, 2.05) is 16.8 Å². The molecule has 0 amide bonds. The van der Waals surface area contributed by atoms with E-state index in [1.165, 1.54) is 18.1 Å². The van der Waals surface area contributed by atoms with Crippen LogP contribution in [0.2, 0.25) is 0 Å². The van der Waals surface area contributed by atoms with Crippen molar-refractivity contribution in [2.24, 2.45) is 0 Å². The molecule has 0 bridgehead atoms. The first-order valence-electron chi connectivity index (χ1n) is 5.59. The van der Waals surface area contributed by atoms with Gasteiger partial charge in [0.05, 0.1) is 7.11 Å². The van der Waals surface area contributed by atoms with Crippen LogP contribution in [0.4, 0.5) is 0 Å². The molecule has 3 aromatic rings. The topological polar surface area (TPSA) is 95.9 Å². The average Bonchev–Trinajstić information content (AvgIpc) is 3.19. The van der Waals surface area contributed by atoms with Gasteiger partial charge in [0.15, 0.2) is 0 Å². The van der Waals surface area contributed by atoms with Crippen molar-refractivity contribution in [3.63, 3.8) is 0 Å². The molecule has 0 aromatic carbocycles. The number of hydrogen-bond acceptors (Lipinski definition) is 8. The van der Waals surface area contributed by atoms with Crippen molar-refractivity contribution in [1.82, 2.24) is 24.9 Å². The van der Waals surface area contributed by atoms with E-state index in [9.17, 15) is 4.79 Å². The smallest absolute Gasteiger partial charge is 0.377 e. The number of aromatic nitrogens is 5. The minimum atomic E-state index is -0.590. The first kappa shape index (κ1) is 12.5.